The van der Waals surface area contributed by atoms with E-state index in [2.05, 4.69) is 17.2 Å². The summed E-state index contributed by atoms with van der Waals surface area (Å²) in [5.74, 6) is 2.68. The smallest absolute Gasteiger partial charge is 0.231 e. The molecule has 5 heteroatoms. The zero-order valence-corrected chi connectivity index (χ0v) is 11.3. The molecule has 1 aliphatic rings. The number of aromatic nitrogens is 1. The molecule has 104 valence electrons. The molecule has 1 aliphatic heterocycles. The van der Waals surface area contributed by atoms with E-state index in [-0.39, 0.29) is 6.79 Å². The Morgan fingerprint density at radius 1 is 1.20 bits per heavy atom. The standard InChI is InChI=1S/C15H16N2O3/c1-2-16-8-11-3-6-15(17-9-11)20-12-4-5-13-14(7-12)19-10-18-13/h3-7,9,16H,2,8,10H2,1H3. The zero-order chi connectivity index (χ0) is 13.8. The Bertz CT molecular complexity index is 584. The lowest BCUT2D eigenvalue weighted by molar-refractivity contribution is 0.174. The summed E-state index contributed by atoms with van der Waals surface area (Å²) >= 11 is 0. The third kappa shape index (κ3) is 2.83. The Labute approximate surface area is 117 Å². The number of nitrogens with zero attached hydrogens (tertiary/aromatic N) is 1. The first-order chi connectivity index (χ1) is 9.85. The van der Waals surface area contributed by atoms with Gasteiger partial charge in [0.15, 0.2) is 11.5 Å². The van der Waals surface area contributed by atoms with Crippen molar-refractivity contribution < 1.29 is 14.2 Å². The van der Waals surface area contributed by atoms with Crippen molar-refractivity contribution in [1.82, 2.24) is 10.3 Å². The SMILES string of the molecule is CCNCc1ccc(Oc2ccc3c(c2)OCO3)nc1. The van der Waals surface area contributed by atoms with Crippen LogP contribution < -0.4 is 19.5 Å². The van der Waals surface area contributed by atoms with E-state index in [1.807, 2.05) is 30.5 Å². The minimum absolute atomic E-state index is 0.260. The third-order valence-corrected chi connectivity index (χ3v) is 2.94. The molecule has 0 radical (unpaired) electrons. The van der Waals surface area contributed by atoms with Crippen molar-refractivity contribution in [3.8, 4) is 23.1 Å². The highest BCUT2D eigenvalue weighted by molar-refractivity contribution is 5.47. The molecule has 2 heterocycles. The van der Waals surface area contributed by atoms with Gasteiger partial charge in [0, 0.05) is 24.9 Å². The Morgan fingerprint density at radius 3 is 2.90 bits per heavy atom. The molecule has 0 aliphatic carbocycles. The van der Waals surface area contributed by atoms with Crippen LogP contribution in [0.25, 0.3) is 0 Å². The molecule has 0 bridgehead atoms. The maximum absolute atomic E-state index is 5.70. The van der Waals surface area contributed by atoms with Crippen LogP contribution in [0.3, 0.4) is 0 Å². The second kappa shape index (κ2) is 5.79. The molecule has 3 rings (SSSR count). The summed E-state index contributed by atoms with van der Waals surface area (Å²) in [5, 5.41) is 3.25. The quantitative estimate of drug-likeness (QED) is 0.907. The van der Waals surface area contributed by atoms with Gasteiger partial charge >= 0.3 is 0 Å². The molecule has 0 amide bonds. The second-order valence-corrected chi connectivity index (χ2v) is 4.40. The molecule has 0 saturated carbocycles. The van der Waals surface area contributed by atoms with Gasteiger partial charge in [-0.3, -0.25) is 0 Å². The lowest BCUT2D eigenvalue weighted by atomic mass is 10.3. The summed E-state index contributed by atoms with van der Waals surface area (Å²) in [4.78, 5) is 4.29. The van der Waals surface area contributed by atoms with Crippen LogP contribution in [0, 0.1) is 0 Å². The van der Waals surface area contributed by atoms with Crippen molar-refractivity contribution in [2.24, 2.45) is 0 Å². The molecule has 5 nitrogen and oxygen atoms in total. The van der Waals surface area contributed by atoms with Crippen molar-refractivity contribution in [3.63, 3.8) is 0 Å². The zero-order valence-electron chi connectivity index (χ0n) is 11.3. The molecule has 0 spiro atoms. The highest BCUT2D eigenvalue weighted by atomic mass is 16.7. The van der Waals surface area contributed by atoms with Gasteiger partial charge in [-0.15, -0.1) is 0 Å². The Morgan fingerprint density at radius 2 is 2.10 bits per heavy atom. The first-order valence-electron chi connectivity index (χ1n) is 6.58. The van der Waals surface area contributed by atoms with E-state index in [9.17, 15) is 0 Å². The second-order valence-electron chi connectivity index (χ2n) is 4.40. The molecule has 0 atom stereocenters. The fraction of sp³-hybridized carbons (Fsp3) is 0.267. The molecular formula is C15H16N2O3. The van der Waals surface area contributed by atoms with Crippen LogP contribution in [0.4, 0.5) is 0 Å². The van der Waals surface area contributed by atoms with Crippen LogP contribution in [0.15, 0.2) is 36.5 Å². The van der Waals surface area contributed by atoms with Crippen LogP contribution in [0.2, 0.25) is 0 Å². The first kappa shape index (κ1) is 12.7. The van der Waals surface area contributed by atoms with E-state index in [0.29, 0.717) is 17.4 Å². The highest BCUT2D eigenvalue weighted by Gasteiger charge is 2.14. The molecule has 0 fully saturated rings. The summed E-state index contributed by atoms with van der Waals surface area (Å²) in [6, 6.07) is 9.32. The molecule has 1 N–H and O–H groups in total. The third-order valence-electron chi connectivity index (χ3n) is 2.94. The number of ether oxygens (including phenoxy) is 3. The molecule has 0 saturated heterocycles. The summed E-state index contributed by atoms with van der Waals surface area (Å²) in [5.41, 5.74) is 1.13. The van der Waals surface area contributed by atoms with Crippen molar-refractivity contribution in [2.75, 3.05) is 13.3 Å². The summed E-state index contributed by atoms with van der Waals surface area (Å²) in [6.45, 7) is 4.09. The molecule has 2 aromatic rings. The summed E-state index contributed by atoms with van der Waals surface area (Å²) < 4.78 is 16.3. The average molecular weight is 272 g/mol. The molecule has 1 aromatic heterocycles. The van der Waals surface area contributed by atoms with Gasteiger partial charge in [0.05, 0.1) is 0 Å². The lowest BCUT2D eigenvalue weighted by Crippen LogP contribution is -2.11. The minimum Gasteiger partial charge on any atom is -0.454 e. The van der Waals surface area contributed by atoms with Gasteiger partial charge in [-0.2, -0.15) is 0 Å². The van der Waals surface area contributed by atoms with Crippen LogP contribution in [0.5, 0.6) is 23.1 Å². The van der Waals surface area contributed by atoms with Crippen molar-refractivity contribution in [2.45, 2.75) is 13.5 Å². The minimum atomic E-state index is 0.260. The van der Waals surface area contributed by atoms with Gasteiger partial charge in [-0.05, 0) is 24.2 Å². The van der Waals surface area contributed by atoms with Crippen LogP contribution in [-0.4, -0.2) is 18.3 Å². The van der Waals surface area contributed by atoms with E-state index in [1.165, 1.54) is 0 Å². The number of hydrogen-bond donors (Lipinski definition) is 1. The molecule has 1 aromatic carbocycles. The first-order valence-corrected chi connectivity index (χ1v) is 6.58. The Hall–Kier alpha value is -2.27. The topological polar surface area (TPSA) is 52.6 Å². The van der Waals surface area contributed by atoms with E-state index >= 15 is 0 Å². The van der Waals surface area contributed by atoms with Crippen molar-refractivity contribution in [3.05, 3.63) is 42.1 Å². The van der Waals surface area contributed by atoms with Crippen LogP contribution >= 0.6 is 0 Å². The maximum Gasteiger partial charge on any atom is 0.231 e. The van der Waals surface area contributed by atoms with Gasteiger partial charge in [-0.25, -0.2) is 4.98 Å². The van der Waals surface area contributed by atoms with Gasteiger partial charge < -0.3 is 19.5 Å². The fourth-order valence-electron chi connectivity index (χ4n) is 1.91. The van der Waals surface area contributed by atoms with Gasteiger partial charge in [0.2, 0.25) is 12.7 Å². The van der Waals surface area contributed by atoms with Crippen LogP contribution in [0.1, 0.15) is 12.5 Å². The maximum atomic E-state index is 5.70. The van der Waals surface area contributed by atoms with Gasteiger partial charge in [0.1, 0.15) is 5.75 Å². The van der Waals surface area contributed by atoms with E-state index in [1.54, 1.807) is 6.07 Å². The van der Waals surface area contributed by atoms with E-state index in [4.69, 9.17) is 14.2 Å². The number of benzene rings is 1. The Kier molecular flexibility index (Phi) is 3.69. The van der Waals surface area contributed by atoms with Gasteiger partial charge in [0.25, 0.3) is 0 Å². The normalized spacial score (nSPS) is 12.4. The summed E-state index contributed by atoms with van der Waals surface area (Å²) in [6.07, 6.45) is 1.81. The predicted molar refractivity (Wildman–Crippen MR) is 74.3 cm³/mol. The molecular weight excluding hydrogens is 256 g/mol. The lowest BCUT2D eigenvalue weighted by Gasteiger charge is -2.06. The number of hydrogen-bond acceptors (Lipinski definition) is 5. The van der Waals surface area contributed by atoms with Crippen molar-refractivity contribution >= 4 is 0 Å². The van der Waals surface area contributed by atoms with E-state index in [0.717, 1.165) is 24.4 Å². The molecule has 20 heavy (non-hydrogen) atoms. The number of rotatable bonds is 5. The Balaban J connectivity index is 1.68. The number of fused-ring (bicyclic) bond motifs is 1. The number of nitrogens with one attached hydrogen (secondary N) is 1. The number of pyridine rings is 1. The van der Waals surface area contributed by atoms with Gasteiger partial charge in [-0.1, -0.05) is 13.0 Å². The van der Waals surface area contributed by atoms with Crippen LogP contribution in [-0.2, 0) is 6.54 Å². The van der Waals surface area contributed by atoms with Crippen molar-refractivity contribution in [1.29, 1.82) is 0 Å². The molecule has 0 unspecified atom stereocenters. The fourth-order valence-corrected chi connectivity index (χ4v) is 1.91. The predicted octanol–water partition coefficient (Wildman–Crippen LogP) is 2.71. The average Bonchev–Trinajstić information content (AvgIpc) is 2.94. The highest BCUT2D eigenvalue weighted by Crippen LogP contribution is 2.36. The summed E-state index contributed by atoms with van der Waals surface area (Å²) in [7, 11) is 0. The monoisotopic (exact) mass is 272 g/mol. The largest absolute Gasteiger partial charge is 0.454 e. The van der Waals surface area contributed by atoms with E-state index < -0.39 is 0 Å².